The number of nitrogens with zero attached hydrogens (tertiary/aromatic N) is 2. The molecule has 0 saturated heterocycles. The summed E-state index contributed by atoms with van der Waals surface area (Å²) < 4.78 is 39.9. The maximum Gasteiger partial charge on any atom is 0.411 e. The quantitative estimate of drug-likeness (QED) is 0.898. The Bertz CT molecular complexity index is 437. The molecule has 1 aromatic heterocycles. The summed E-state index contributed by atoms with van der Waals surface area (Å²) in [5.74, 6) is -1.15. The number of ether oxygens (including phenoxy) is 1. The Morgan fingerprint density at radius 3 is 2.17 bits per heavy atom. The van der Waals surface area contributed by atoms with Gasteiger partial charge in [-0.15, -0.1) is 0 Å². The molecule has 8 heteroatoms. The zero-order valence-electron chi connectivity index (χ0n) is 9.71. The van der Waals surface area contributed by atoms with Gasteiger partial charge in [0.05, 0.1) is 11.4 Å². The fraction of sp³-hybridized carbons (Fsp3) is 0.500. The van der Waals surface area contributed by atoms with E-state index in [1.807, 2.05) is 0 Å². The third kappa shape index (κ3) is 3.95. The molecule has 100 valence electrons. The first-order valence-corrected chi connectivity index (χ1v) is 4.92. The molecule has 0 aliphatic carbocycles. The van der Waals surface area contributed by atoms with E-state index in [4.69, 9.17) is 5.11 Å². The first-order chi connectivity index (χ1) is 8.20. The van der Waals surface area contributed by atoms with Crippen molar-refractivity contribution in [1.82, 2.24) is 9.97 Å². The third-order valence-electron chi connectivity index (χ3n) is 2.03. The molecule has 0 spiro atoms. The molecule has 0 bridgehead atoms. The van der Waals surface area contributed by atoms with E-state index in [1.165, 1.54) is 13.8 Å². The summed E-state index contributed by atoms with van der Waals surface area (Å²) in [5.41, 5.74) is 0.343. The molecule has 0 aliphatic heterocycles. The number of aromatic nitrogens is 2. The van der Waals surface area contributed by atoms with Gasteiger partial charge in [0, 0.05) is 0 Å². The lowest BCUT2D eigenvalue weighted by Crippen LogP contribution is -2.18. The van der Waals surface area contributed by atoms with Crippen LogP contribution in [0, 0.1) is 13.8 Å². The van der Waals surface area contributed by atoms with Gasteiger partial charge >= 0.3 is 12.1 Å². The molecule has 0 saturated carbocycles. The zero-order chi connectivity index (χ0) is 13.9. The Morgan fingerprint density at radius 1 is 1.28 bits per heavy atom. The highest BCUT2D eigenvalue weighted by atomic mass is 19.4. The molecule has 0 radical (unpaired) electrons. The van der Waals surface area contributed by atoms with Crippen molar-refractivity contribution in [2.24, 2.45) is 0 Å². The van der Waals surface area contributed by atoms with E-state index >= 15 is 0 Å². The number of halogens is 3. The molecule has 5 nitrogen and oxygen atoms in total. The maximum absolute atomic E-state index is 11.8. The van der Waals surface area contributed by atoms with E-state index in [0.29, 0.717) is 0 Å². The average Bonchev–Trinajstić information content (AvgIpc) is 2.13. The molecular weight excluding hydrogens is 253 g/mol. The van der Waals surface area contributed by atoms with Crippen LogP contribution in [0.5, 0.6) is 0 Å². The van der Waals surface area contributed by atoms with Gasteiger partial charge in [-0.05, 0) is 13.8 Å². The second kappa shape index (κ2) is 5.30. The first-order valence-electron chi connectivity index (χ1n) is 4.92. The minimum Gasteiger partial charge on any atom is -0.478 e. The number of rotatable bonds is 4. The number of carboxylic acid groups (broad SMARTS) is 1. The number of aryl methyl sites for hydroxylation is 2. The van der Waals surface area contributed by atoms with Gasteiger partial charge in [-0.2, -0.15) is 13.2 Å². The van der Waals surface area contributed by atoms with E-state index in [-0.39, 0.29) is 22.8 Å². The monoisotopic (exact) mass is 264 g/mol. The summed E-state index contributed by atoms with van der Waals surface area (Å²) >= 11 is 0. The van der Waals surface area contributed by atoms with Gasteiger partial charge < -0.3 is 9.84 Å². The molecule has 0 unspecified atom stereocenters. The van der Waals surface area contributed by atoms with Crippen LogP contribution in [0.2, 0.25) is 0 Å². The zero-order valence-corrected chi connectivity index (χ0v) is 9.71. The van der Waals surface area contributed by atoms with Crippen molar-refractivity contribution < 1.29 is 27.8 Å². The molecule has 1 N–H and O–H groups in total. The van der Waals surface area contributed by atoms with Crippen molar-refractivity contribution in [1.29, 1.82) is 0 Å². The van der Waals surface area contributed by atoms with E-state index in [1.54, 1.807) is 0 Å². The fourth-order valence-corrected chi connectivity index (χ4v) is 1.42. The van der Waals surface area contributed by atoms with Crippen molar-refractivity contribution in [2.45, 2.75) is 26.6 Å². The molecule has 0 atom stereocenters. The smallest absolute Gasteiger partial charge is 0.411 e. The minimum absolute atomic E-state index is 0.0271. The number of aromatic carboxylic acids is 1. The number of carboxylic acids is 1. The molecule has 0 fully saturated rings. The van der Waals surface area contributed by atoms with Crippen LogP contribution in [0.3, 0.4) is 0 Å². The SMILES string of the molecule is Cc1nc(COCC(F)(F)F)nc(C)c1C(=O)O. The van der Waals surface area contributed by atoms with Gasteiger partial charge in [0.15, 0.2) is 5.82 Å². The van der Waals surface area contributed by atoms with Crippen molar-refractivity contribution >= 4 is 5.97 Å². The largest absolute Gasteiger partial charge is 0.478 e. The van der Waals surface area contributed by atoms with Crippen LogP contribution in [-0.4, -0.2) is 33.8 Å². The molecule has 0 amide bonds. The molecule has 0 aromatic carbocycles. The molecule has 1 rings (SSSR count). The van der Waals surface area contributed by atoms with E-state index in [9.17, 15) is 18.0 Å². The van der Waals surface area contributed by atoms with E-state index < -0.39 is 25.4 Å². The van der Waals surface area contributed by atoms with Crippen LogP contribution >= 0.6 is 0 Å². The van der Waals surface area contributed by atoms with Gasteiger partial charge in [-0.25, -0.2) is 14.8 Å². The molecule has 1 heterocycles. The van der Waals surface area contributed by atoms with Gasteiger partial charge in [0.25, 0.3) is 0 Å². The topological polar surface area (TPSA) is 72.3 Å². The average molecular weight is 264 g/mol. The molecular formula is C10H11F3N2O3. The van der Waals surface area contributed by atoms with Gasteiger partial charge in [0.2, 0.25) is 0 Å². The number of hydrogen-bond donors (Lipinski definition) is 1. The Kier molecular flexibility index (Phi) is 4.23. The second-order valence-corrected chi connectivity index (χ2v) is 3.60. The Labute approximate surface area is 101 Å². The minimum atomic E-state index is -4.41. The third-order valence-corrected chi connectivity index (χ3v) is 2.03. The Hall–Kier alpha value is -1.70. The van der Waals surface area contributed by atoms with Crippen molar-refractivity contribution in [3.05, 3.63) is 22.8 Å². The Morgan fingerprint density at radius 2 is 1.78 bits per heavy atom. The van der Waals surface area contributed by atoms with Crippen molar-refractivity contribution in [3.63, 3.8) is 0 Å². The molecule has 1 aromatic rings. The molecule has 18 heavy (non-hydrogen) atoms. The molecule has 0 aliphatic rings. The highest BCUT2D eigenvalue weighted by Crippen LogP contribution is 2.16. The predicted octanol–water partition coefficient (Wildman–Crippen LogP) is 1.87. The summed E-state index contributed by atoms with van der Waals surface area (Å²) in [7, 11) is 0. The van der Waals surface area contributed by atoms with Crippen molar-refractivity contribution in [3.8, 4) is 0 Å². The van der Waals surface area contributed by atoms with Crippen molar-refractivity contribution in [2.75, 3.05) is 6.61 Å². The number of carbonyl (C=O) groups is 1. The standard InChI is InChI=1S/C10H11F3N2O3/c1-5-8(9(16)17)6(2)15-7(14-5)3-18-4-10(11,12)13/h3-4H2,1-2H3,(H,16,17). The summed E-state index contributed by atoms with van der Waals surface area (Å²) in [4.78, 5) is 18.4. The van der Waals surface area contributed by atoms with Gasteiger partial charge in [-0.1, -0.05) is 0 Å². The predicted molar refractivity (Wildman–Crippen MR) is 54.2 cm³/mol. The summed E-state index contributed by atoms with van der Waals surface area (Å²) in [6, 6.07) is 0. The fourth-order valence-electron chi connectivity index (χ4n) is 1.42. The van der Waals surface area contributed by atoms with Gasteiger partial charge in [-0.3, -0.25) is 0 Å². The first kappa shape index (κ1) is 14.4. The number of hydrogen-bond acceptors (Lipinski definition) is 4. The van der Waals surface area contributed by atoms with Crippen LogP contribution in [0.25, 0.3) is 0 Å². The summed E-state index contributed by atoms with van der Waals surface area (Å²) in [5, 5.41) is 8.86. The van der Waals surface area contributed by atoms with Crippen LogP contribution in [0.1, 0.15) is 27.6 Å². The Balaban J connectivity index is 2.78. The lowest BCUT2D eigenvalue weighted by molar-refractivity contribution is -0.177. The highest BCUT2D eigenvalue weighted by molar-refractivity contribution is 5.89. The number of alkyl halides is 3. The van der Waals surface area contributed by atoms with Crippen LogP contribution < -0.4 is 0 Å². The lowest BCUT2D eigenvalue weighted by Gasteiger charge is -2.09. The second-order valence-electron chi connectivity index (χ2n) is 3.60. The normalized spacial score (nSPS) is 11.6. The van der Waals surface area contributed by atoms with E-state index in [0.717, 1.165) is 0 Å². The summed E-state index contributed by atoms with van der Waals surface area (Å²) in [6.45, 7) is 1.09. The van der Waals surface area contributed by atoms with Crippen LogP contribution in [0.4, 0.5) is 13.2 Å². The lowest BCUT2D eigenvalue weighted by atomic mass is 10.2. The van der Waals surface area contributed by atoms with Crippen LogP contribution in [0.15, 0.2) is 0 Å². The van der Waals surface area contributed by atoms with Gasteiger partial charge in [0.1, 0.15) is 18.8 Å². The maximum atomic E-state index is 11.8. The highest BCUT2D eigenvalue weighted by Gasteiger charge is 2.27. The van der Waals surface area contributed by atoms with E-state index in [2.05, 4.69) is 14.7 Å². The van der Waals surface area contributed by atoms with Crippen LogP contribution in [-0.2, 0) is 11.3 Å². The summed E-state index contributed by atoms with van der Waals surface area (Å²) in [6.07, 6.45) is -4.41.